The van der Waals surface area contributed by atoms with Crippen LogP contribution in [0.3, 0.4) is 0 Å². The number of ether oxygens (including phenoxy) is 1. The Morgan fingerprint density at radius 1 is 1.67 bits per heavy atom. The highest BCUT2D eigenvalue weighted by Crippen LogP contribution is 2.06. The van der Waals surface area contributed by atoms with E-state index >= 15 is 0 Å². The molecule has 1 aliphatic rings. The van der Waals surface area contributed by atoms with Crippen LogP contribution >= 0.6 is 0 Å². The molecule has 84 valence electrons. The van der Waals surface area contributed by atoms with Crippen molar-refractivity contribution in [1.82, 2.24) is 15.5 Å². The largest absolute Gasteiger partial charge is 0.380 e. The maximum absolute atomic E-state index is 5.30. The average molecular weight is 209 g/mol. The third kappa shape index (κ3) is 3.04. The summed E-state index contributed by atoms with van der Waals surface area (Å²) >= 11 is 0. The average Bonchev–Trinajstić information content (AvgIpc) is 2.85. The number of hydrogen-bond donors (Lipinski definition) is 2. The maximum Gasteiger partial charge on any atom is 0.0620 e. The molecule has 4 heteroatoms. The van der Waals surface area contributed by atoms with Gasteiger partial charge in [-0.25, -0.2) is 0 Å². The van der Waals surface area contributed by atoms with Crippen LogP contribution in [-0.4, -0.2) is 36.0 Å². The van der Waals surface area contributed by atoms with E-state index in [9.17, 15) is 0 Å². The molecular formula is C11H19N3O. The van der Waals surface area contributed by atoms with Gasteiger partial charge in [-0.2, -0.15) is 5.10 Å². The first-order valence-corrected chi connectivity index (χ1v) is 5.66. The van der Waals surface area contributed by atoms with Gasteiger partial charge in [0.15, 0.2) is 0 Å². The SMILES string of the molecule is Cc1[nH]ncc1CCCNC1CCOC1. The van der Waals surface area contributed by atoms with E-state index in [1.807, 2.05) is 6.20 Å². The smallest absolute Gasteiger partial charge is 0.0620 e. The minimum Gasteiger partial charge on any atom is -0.380 e. The van der Waals surface area contributed by atoms with Crippen molar-refractivity contribution in [2.75, 3.05) is 19.8 Å². The molecule has 4 nitrogen and oxygen atoms in total. The van der Waals surface area contributed by atoms with Gasteiger partial charge in [0.25, 0.3) is 0 Å². The van der Waals surface area contributed by atoms with Gasteiger partial charge in [0.05, 0.1) is 12.8 Å². The van der Waals surface area contributed by atoms with Gasteiger partial charge >= 0.3 is 0 Å². The molecule has 1 unspecified atom stereocenters. The number of aryl methyl sites for hydroxylation is 2. The Hall–Kier alpha value is -0.870. The van der Waals surface area contributed by atoms with Crippen molar-refractivity contribution < 1.29 is 4.74 Å². The standard InChI is InChI=1S/C11H19N3O/c1-9-10(7-13-14-9)3-2-5-12-11-4-6-15-8-11/h7,11-12H,2-6,8H2,1H3,(H,13,14). The lowest BCUT2D eigenvalue weighted by atomic mass is 10.1. The summed E-state index contributed by atoms with van der Waals surface area (Å²) in [5.41, 5.74) is 2.53. The Bertz CT molecular complexity index is 292. The molecule has 1 atom stereocenters. The number of H-pyrrole nitrogens is 1. The van der Waals surface area contributed by atoms with Gasteiger partial charge in [-0.15, -0.1) is 0 Å². The maximum atomic E-state index is 5.30. The summed E-state index contributed by atoms with van der Waals surface area (Å²) in [5, 5.41) is 10.5. The highest BCUT2D eigenvalue weighted by atomic mass is 16.5. The minimum atomic E-state index is 0.579. The van der Waals surface area contributed by atoms with Crippen LogP contribution < -0.4 is 5.32 Å². The summed E-state index contributed by atoms with van der Waals surface area (Å²) in [6, 6.07) is 0.579. The van der Waals surface area contributed by atoms with Crippen molar-refractivity contribution in [3.63, 3.8) is 0 Å². The summed E-state index contributed by atoms with van der Waals surface area (Å²) in [6.07, 6.45) is 5.35. The third-order valence-electron chi connectivity index (χ3n) is 2.92. The molecule has 2 heterocycles. The van der Waals surface area contributed by atoms with E-state index in [0.717, 1.165) is 39.0 Å². The minimum absolute atomic E-state index is 0.579. The Labute approximate surface area is 90.4 Å². The molecule has 0 saturated carbocycles. The molecule has 1 fully saturated rings. The monoisotopic (exact) mass is 209 g/mol. The lowest BCUT2D eigenvalue weighted by Crippen LogP contribution is -2.30. The van der Waals surface area contributed by atoms with Gasteiger partial charge in [0.1, 0.15) is 0 Å². The number of nitrogens with one attached hydrogen (secondary N) is 2. The van der Waals surface area contributed by atoms with Crippen LogP contribution in [0.5, 0.6) is 0 Å². The first-order chi connectivity index (χ1) is 7.36. The molecule has 15 heavy (non-hydrogen) atoms. The Morgan fingerprint density at radius 2 is 2.60 bits per heavy atom. The first-order valence-electron chi connectivity index (χ1n) is 5.66. The lowest BCUT2D eigenvalue weighted by Gasteiger charge is -2.09. The summed E-state index contributed by atoms with van der Waals surface area (Å²) in [7, 11) is 0. The van der Waals surface area contributed by atoms with Crippen molar-refractivity contribution in [3.05, 3.63) is 17.5 Å². The van der Waals surface area contributed by atoms with Crippen LogP contribution in [-0.2, 0) is 11.2 Å². The van der Waals surface area contributed by atoms with Crippen LogP contribution in [0.4, 0.5) is 0 Å². The van der Waals surface area contributed by atoms with E-state index in [1.165, 1.54) is 11.3 Å². The van der Waals surface area contributed by atoms with Crippen molar-refractivity contribution in [3.8, 4) is 0 Å². The fourth-order valence-corrected chi connectivity index (χ4v) is 1.91. The second-order valence-electron chi connectivity index (χ2n) is 4.14. The van der Waals surface area contributed by atoms with Crippen LogP contribution in [0.2, 0.25) is 0 Å². The number of aromatic amines is 1. The molecule has 1 aromatic heterocycles. The molecule has 0 spiro atoms. The number of aromatic nitrogens is 2. The van der Waals surface area contributed by atoms with E-state index in [0.29, 0.717) is 6.04 Å². The van der Waals surface area contributed by atoms with Crippen LogP contribution in [0.25, 0.3) is 0 Å². The van der Waals surface area contributed by atoms with Gasteiger partial charge < -0.3 is 10.1 Å². The van der Waals surface area contributed by atoms with Crippen LogP contribution in [0, 0.1) is 6.92 Å². The zero-order valence-electron chi connectivity index (χ0n) is 9.25. The fraction of sp³-hybridized carbons (Fsp3) is 0.727. The fourth-order valence-electron chi connectivity index (χ4n) is 1.91. The first kappa shape index (κ1) is 10.6. The van der Waals surface area contributed by atoms with E-state index < -0.39 is 0 Å². The molecule has 0 radical (unpaired) electrons. The number of rotatable bonds is 5. The Kier molecular flexibility index (Phi) is 3.75. The normalized spacial score (nSPS) is 21.0. The highest BCUT2D eigenvalue weighted by molar-refractivity contribution is 5.14. The molecule has 0 bridgehead atoms. The summed E-state index contributed by atoms with van der Waals surface area (Å²) in [5.74, 6) is 0. The molecule has 2 rings (SSSR count). The molecule has 0 amide bonds. The summed E-state index contributed by atoms with van der Waals surface area (Å²) < 4.78 is 5.30. The number of nitrogens with zero attached hydrogens (tertiary/aromatic N) is 1. The lowest BCUT2D eigenvalue weighted by molar-refractivity contribution is 0.190. The molecule has 0 aliphatic carbocycles. The number of hydrogen-bond acceptors (Lipinski definition) is 3. The van der Waals surface area contributed by atoms with Gasteiger partial charge in [0, 0.05) is 18.3 Å². The predicted octanol–water partition coefficient (Wildman–Crippen LogP) is 1.03. The Morgan fingerprint density at radius 3 is 3.27 bits per heavy atom. The third-order valence-corrected chi connectivity index (χ3v) is 2.92. The molecular weight excluding hydrogens is 190 g/mol. The topological polar surface area (TPSA) is 49.9 Å². The highest BCUT2D eigenvalue weighted by Gasteiger charge is 2.13. The summed E-state index contributed by atoms with van der Waals surface area (Å²) in [6.45, 7) is 4.93. The zero-order valence-corrected chi connectivity index (χ0v) is 9.25. The van der Waals surface area contributed by atoms with E-state index in [4.69, 9.17) is 4.74 Å². The molecule has 0 aromatic carbocycles. The van der Waals surface area contributed by atoms with Crippen molar-refractivity contribution >= 4 is 0 Å². The van der Waals surface area contributed by atoms with Crippen LogP contribution in [0.1, 0.15) is 24.1 Å². The van der Waals surface area contributed by atoms with E-state index in [2.05, 4.69) is 22.4 Å². The molecule has 1 aliphatic heterocycles. The van der Waals surface area contributed by atoms with Crippen molar-refractivity contribution in [2.24, 2.45) is 0 Å². The predicted molar refractivity (Wildman–Crippen MR) is 58.9 cm³/mol. The Balaban J connectivity index is 1.60. The van der Waals surface area contributed by atoms with Gasteiger partial charge in [-0.05, 0) is 38.3 Å². The van der Waals surface area contributed by atoms with Crippen LogP contribution in [0.15, 0.2) is 6.20 Å². The summed E-state index contributed by atoms with van der Waals surface area (Å²) in [4.78, 5) is 0. The quantitative estimate of drug-likeness (QED) is 0.712. The van der Waals surface area contributed by atoms with Gasteiger partial charge in [-0.3, -0.25) is 5.10 Å². The molecule has 2 N–H and O–H groups in total. The van der Waals surface area contributed by atoms with Crippen molar-refractivity contribution in [2.45, 2.75) is 32.2 Å². The second-order valence-corrected chi connectivity index (χ2v) is 4.14. The molecule has 1 saturated heterocycles. The zero-order chi connectivity index (χ0) is 10.5. The molecule has 1 aromatic rings. The van der Waals surface area contributed by atoms with Gasteiger partial charge in [0.2, 0.25) is 0 Å². The van der Waals surface area contributed by atoms with Gasteiger partial charge in [-0.1, -0.05) is 0 Å². The second kappa shape index (κ2) is 5.28. The van der Waals surface area contributed by atoms with Crippen molar-refractivity contribution in [1.29, 1.82) is 0 Å². The van der Waals surface area contributed by atoms with E-state index in [-0.39, 0.29) is 0 Å². The van der Waals surface area contributed by atoms with E-state index in [1.54, 1.807) is 0 Å².